The second kappa shape index (κ2) is 10.4. The van der Waals surface area contributed by atoms with Crippen LogP contribution in [0.5, 0.6) is 0 Å². The number of carbonyl (C=O) groups is 2. The van der Waals surface area contributed by atoms with Gasteiger partial charge in [0.15, 0.2) is 0 Å². The average Bonchev–Trinajstić information content (AvgIpc) is 2.84. The molecule has 1 aliphatic heterocycles. The van der Waals surface area contributed by atoms with Gasteiger partial charge in [-0.25, -0.2) is 8.78 Å². The molecule has 2 amide bonds. The van der Waals surface area contributed by atoms with E-state index >= 15 is 0 Å². The molecular formula is C26H25F2N3O2. The van der Waals surface area contributed by atoms with Crippen LogP contribution in [-0.4, -0.2) is 54.3 Å². The van der Waals surface area contributed by atoms with Crippen LogP contribution in [0.25, 0.3) is 0 Å². The minimum absolute atomic E-state index is 0.0887. The quantitative estimate of drug-likeness (QED) is 0.625. The van der Waals surface area contributed by atoms with Crippen LogP contribution >= 0.6 is 0 Å². The fraction of sp³-hybridized carbons (Fsp3) is 0.231. The van der Waals surface area contributed by atoms with E-state index in [-0.39, 0.29) is 24.1 Å². The molecule has 1 heterocycles. The molecule has 5 nitrogen and oxygen atoms in total. The summed E-state index contributed by atoms with van der Waals surface area (Å²) in [5, 5.41) is 2.44. The number of carbonyl (C=O) groups excluding carboxylic acids is 2. The summed E-state index contributed by atoms with van der Waals surface area (Å²) in [5.41, 5.74) is 2.09. The number of piperazine rings is 1. The summed E-state index contributed by atoms with van der Waals surface area (Å²) in [6.07, 6.45) is 0. The van der Waals surface area contributed by atoms with Gasteiger partial charge in [0.25, 0.3) is 5.91 Å². The van der Waals surface area contributed by atoms with Crippen LogP contribution in [0, 0.1) is 11.6 Å². The molecule has 3 aromatic rings. The van der Waals surface area contributed by atoms with Gasteiger partial charge in [0, 0.05) is 32.2 Å². The lowest BCUT2D eigenvalue weighted by Gasteiger charge is -2.39. The summed E-state index contributed by atoms with van der Waals surface area (Å²) < 4.78 is 26.8. The predicted octanol–water partition coefficient (Wildman–Crippen LogP) is 3.63. The molecule has 1 aliphatic rings. The van der Waals surface area contributed by atoms with Gasteiger partial charge < -0.3 is 10.2 Å². The molecule has 0 aromatic heterocycles. The van der Waals surface area contributed by atoms with E-state index in [2.05, 4.69) is 34.5 Å². The lowest BCUT2D eigenvalue weighted by atomic mass is 9.96. The Morgan fingerprint density at radius 1 is 0.818 bits per heavy atom. The normalized spacial score (nSPS) is 14.3. The van der Waals surface area contributed by atoms with Crippen molar-refractivity contribution in [3.63, 3.8) is 0 Å². The van der Waals surface area contributed by atoms with E-state index in [4.69, 9.17) is 0 Å². The van der Waals surface area contributed by atoms with Crippen molar-refractivity contribution in [3.8, 4) is 0 Å². The third-order valence-corrected chi connectivity index (χ3v) is 5.84. The zero-order chi connectivity index (χ0) is 23.2. The minimum atomic E-state index is -0.957. The van der Waals surface area contributed by atoms with E-state index in [9.17, 15) is 18.4 Å². The monoisotopic (exact) mass is 449 g/mol. The van der Waals surface area contributed by atoms with Gasteiger partial charge in [0.2, 0.25) is 5.91 Å². The van der Waals surface area contributed by atoms with Crippen LogP contribution in [0.3, 0.4) is 0 Å². The molecule has 0 spiro atoms. The molecule has 0 bridgehead atoms. The molecule has 0 atom stereocenters. The number of halogens is 2. The Hall–Kier alpha value is -3.58. The van der Waals surface area contributed by atoms with Gasteiger partial charge in [-0.15, -0.1) is 0 Å². The molecule has 4 rings (SSSR count). The summed E-state index contributed by atoms with van der Waals surface area (Å²) in [7, 11) is 0. The zero-order valence-electron chi connectivity index (χ0n) is 18.1. The maximum absolute atomic E-state index is 13.8. The summed E-state index contributed by atoms with van der Waals surface area (Å²) in [6, 6.07) is 23.3. The largest absolute Gasteiger partial charge is 0.343 e. The van der Waals surface area contributed by atoms with Crippen molar-refractivity contribution in [1.29, 1.82) is 0 Å². The molecule has 170 valence electrons. The first-order chi connectivity index (χ1) is 16.0. The highest BCUT2D eigenvalue weighted by Crippen LogP contribution is 2.29. The van der Waals surface area contributed by atoms with Gasteiger partial charge in [-0.05, 0) is 23.3 Å². The van der Waals surface area contributed by atoms with Crippen molar-refractivity contribution in [2.45, 2.75) is 6.04 Å². The maximum atomic E-state index is 13.8. The second-order valence-corrected chi connectivity index (χ2v) is 7.95. The Labute approximate surface area is 191 Å². The van der Waals surface area contributed by atoms with Crippen LogP contribution in [0.2, 0.25) is 0 Å². The van der Waals surface area contributed by atoms with E-state index in [1.165, 1.54) is 11.1 Å². The number of nitrogens with zero attached hydrogens (tertiary/aromatic N) is 2. The Morgan fingerprint density at radius 3 is 1.94 bits per heavy atom. The highest BCUT2D eigenvalue weighted by atomic mass is 19.1. The lowest BCUT2D eigenvalue weighted by Crippen LogP contribution is -2.52. The van der Waals surface area contributed by atoms with E-state index < -0.39 is 17.5 Å². The summed E-state index contributed by atoms with van der Waals surface area (Å²) in [4.78, 5) is 28.8. The highest BCUT2D eigenvalue weighted by Gasteiger charge is 2.28. The predicted molar refractivity (Wildman–Crippen MR) is 122 cm³/mol. The van der Waals surface area contributed by atoms with Crippen molar-refractivity contribution >= 4 is 11.8 Å². The van der Waals surface area contributed by atoms with Crippen LogP contribution < -0.4 is 5.32 Å². The Morgan fingerprint density at radius 2 is 1.39 bits per heavy atom. The van der Waals surface area contributed by atoms with Gasteiger partial charge in [-0.2, -0.15) is 0 Å². The first-order valence-corrected chi connectivity index (χ1v) is 10.9. The molecular weight excluding hydrogens is 424 g/mol. The molecule has 1 fully saturated rings. The van der Waals surface area contributed by atoms with Crippen molar-refractivity contribution < 1.29 is 18.4 Å². The lowest BCUT2D eigenvalue weighted by molar-refractivity contribution is -0.132. The van der Waals surface area contributed by atoms with Crippen LogP contribution in [0.1, 0.15) is 27.5 Å². The molecule has 0 aliphatic carbocycles. The molecule has 1 N–H and O–H groups in total. The number of benzene rings is 3. The number of hydrogen-bond acceptors (Lipinski definition) is 3. The van der Waals surface area contributed by atoms with Crippen LogP contribution in [0.4, 0.5) is 8.78 Å². The van der Waals surface area contributed by atoms with Gasteiger partial charge in [-0.1, -0.05) is 60.7 Å². The Kier molecular flexibility index (Phi) is 7.10. The topological polar surface area (TPSA) is 52.7 Å². The van der Waals surface area contributed by atoms with Gasteiger partial charge in [0.1, 0.15) is 11.6 Å². The maximum Gasteiger partial charge on any atom is 0.254 e. The number of hydrogen-bond donors (Lipinski definition) is 1. The minimum Gasteiger partial charge on any atom is -0.343 e. The summed E-state index contributed by atoms with van der Waals surface area (Å²) in [5.74, 6) is -2.70. The number of amides is 2. The molecule has 0 unspecified atom stereocenters. The van der Waals surface area contributed by atoms with Crippen molar-refractivity contribution in [2.24, 2.45) is 0 Å². The highest BCUT2D eigenvalue weighted by molar-refractivity contribution is 5.96. The Bertz CT molecular complexity index is 1060. The fourth-order valence-electron chi connectivity index (χ4n) is 4.15. The van der Waals surface area contributed by atoms with E-state index in [1.54, 1.807) is 4.90 Å². The van der Waals surface area contributed by atoms with E-state index in [0.29, 0.717) is 32.2 Å². The summed E-state index contributed by atoms with van der Waals surface area (Å²) in [6.45, 7) is 2.17. The van der Waals surface area contributed by atoms with E-state index in [1.807, 2.05) is 36.4 Å². The van der Waals surface area contributed by atoms with Crippen molar-refractivity contribution in [1.82, 2.24) is 15.1 Å². The van der Waals surface area contributed by atoms with E-state index in [0.717, 1.165) is 12.1 Å². The van der Waals surface area contributed by atoms with Crippen molar-refractivity contribution in [3.05, 3.63) is 107 Å². The first-order valence-electron chi connectivity index (χ1n) is 10.9. The zero-order valence-corrected chi connectivity index (χ0v) is 18.1. The van der Waals surface area contributed by atoms with Gasteiger partial charge >= 0.3 is 0 Å². The fourth-order valence-corrected chi connectivity index (χ4v) is 4.15. The average molecular weight is 450 g/mol. The van der Waals surface area contributed by atoms with Crippen molar-refractivity contribution in [2.75, 3.05) is 32.7 Å². The summed E-state index contributed by atoms with van der Waals surface area (Å²) >= 11 is 0. The van der Waals surface area contributed by atoms with Gasteiger partial charge in [-0.3, -0.25) is 14.5 Å². The molecule has 3 aromatic carbocycles. The third kappa shape index (κ3) is 5.43. The van der Waals surface area contributed by atoms with Gasteiger partial charge in [0.05, 0.1) is 18.2 Å². The molecule has 0 saturated carbocycles. The number of nitrogens with one attached hydrogen (secondary N) is 1. The molecule has 7 heteroatoms. The molecule has 0 radical (unpaired) electrons. The SMILES string of the molecule is O=C(NCC(=O)N1CCN(C(c2ccccc2)c2ccccc2)CC1)c1ccc(F)cc1F. The smallest absolute Gasteiger partial charge is 0.254 e. The van der Waals surface area contributed by atoms with Crippen LogP contribution in [-0.2, 0) is 4.79 Å². The molecule has 33 heavy (non-hydrogen) atoms. The molecule has 1 saturated heterocycles. The third-order valence-electron chi connectivity index (χ3n) is 5.84. The van der Waals surface area contributed by atoms with Crippen LogP contribution in [0.15, 0.2) is 78.9 Å². The first kappa shape index (κ1) is 22.6. The Balaban J connectivity index is 1.36. The number of rotatable bonds is 6. The standard InChI is InChI=1S/C26H25F2N3O2/c27-21-11-12-22(23(28)17-21)26(33)29-18-24(32)30-13-15-31(16-14-30)25(19-7-3-1-4-8-19)20-9-5-2-6-10-20/h1-12,17,25H,13-16,18H2,(H,29,33). The second-order valence-electron chi connectivity index (χ2n) is 7.95.